The molecule has 1 aliphatic rings. The Hall–Kier alpha value is -1.65. The highest BCUT2D eigenvalue weighted by Gasteiger charge is 2.17. The molecule has 4 heteroatoms. The van der Waals surface area contributed by atoms with E-state index in [2.05, 4.69) is 70.6 Å². The van der Waals surface area contributed by atoms with Gasteiger partial charge in [-0.1, -0.05) is 43.7 Å². The number of nitrogens with zero attached hydrogens (tertiary/aromatic N) is 4. The molecule has 0 spiro atoms. The van der Waals surface area contributed by atoms with Crippen molar-refractivity contribution in [2.24, 2.45) is 0 Å². The molecule has 0 bridgehead atoms. The molecular weight excluding hydrogens is 296 g/mol. The van der Waals surface area contributed by atoms with Crippen molar-refractivity contribution >= 4 is 0 Å². The molecule has 0 saturated carbocycles. The highest BCUT2D eigenvalue weighted by Crippen LogP contribution is 2.13. The molecule has 1 aliphatic heterocycles. The zero-order chi connectivity index (χ0) is 16.9. The second-order valence-corrected chi connectivity index (χ2v) is 7.24. The molecule has 130 valence electrons. The lowest BCUT2D eigenvalue weighted by molar-refractivity contribution is 0.124. The molecule has 0 atom stereocenters. The highest BCUT2D eigenvalue weighted by molar-refractivity contribution is 5.22. The van der Waals surface area contributed by atoms with Crippen molar-refractivity contribution in [3.8, 4) is 0 Å². The normalized spacial score (nSPS) is 16.8. The summed E-state index contributed by atoms with van der Waals surface area (Å²) in [5, 5.41) is 0. The summed E-state index contributed by atoms with van der Waals surface area (Å²) in [5.74, 6) is 1.69. The summed E-state index contributed by atoms with van der Waals surface area (Å²) in [5.41, 5.74) is 2.79. The van der Waals surface area contributed by atoms with Gasteiger partial charge < -0.3 is 4.57 Å². The van der Waals surface area contributed by atoms with Crippen molar-refractivity contribution in [1.82, 2.24) is 19.4 Å². The largest absolute Gasteiger partial charge is 0.333 e. The smallest absolute Gasteiger partial charge is 0.111 e. The molecule has 0 N–H and O–H groups in total. The second kappa shape index (κ2) is 7.95. The van der Waals surface area contributed by atoms with Gasteiger partial charge in [0, 0.05) is 64.1 Å². The quantitative estimate of drug-likeness (QED) is 0.815. The van der Waals surface area contributed by atoms with E-state index >= 15 is 0 Å². The standard InChI is InChI=1S/C20H30N4/c1-17(2)20-21-7-8-24(20)14-13-22-9-11-23(12-10-22)16-19-6-4-5-18(3)15-19/h4-8,15,17H,9-14,16H2,1-3H3. The molecule has 2 aromatic rings. The number of aromatic nitrogens is 2. The molecule has 24 heavy (non-hydrogen) atoms. The van der Waals surface area contributed by atoms with Gasteiger partial charge in [-0.25, -0.2) is 4.98 Å². The van der Waals surface area contributed by atoms with E-state index in [4.69, 9.17) is 0 Å². The van der Waals surface area contributed by atoms with Gasteiger partial charge in [0.1, 0.15) is 5.82 Å². The third kappa shape index (κ3) is 4.46. The molecule has 0 amide bonds. The van der Waals surface area contributed by atoms with Crippen LogP contribution in [0.4, 0.5) is 0 Å². The Kier molecular flexibility index (Phi) is 5.69. The lowest BCUT2D eigenvalue weighted by Gasteiger charge is -2.35. The van der Waals surface area contributed by atoms with Crippen molar-refractivity contribution in [3.63, 3.8) is 0 Å². The van der Waals surface area contributed by atoms with Crippen LogP contribution >= 0.6 is 0 Å². The van der Waals surface area contributed by atoms with Crippen LogP contribution in [0.5, 0.6) is 0 Å². The van der Waals surface area contributed by atoms with Gasteiger partial charge in [-0.15, -0.1) is 0 Å². The van der Waals surface area contributed by atoms with Crippen LogP contribution in [0.1, 0.15) is 36.7 Å². The molecule has 0 radical (unpaired) electrons. The van der Waals surface area contributed by atoms with Crippen LogP contribution in [0.25, 0.3) is 0 Å². The summed E-state index contributed by atoms with van der Waals surface area (Å²) in [7, 11) is 0. The first-order chi connectivity index (χ1) is 11.6. The maximum absolute atomic E-state index is 4.48. The van der Waals surface area contributed by atoms with E-state index in [1.807, 2.05) is 6.20 Å². The minimum Gasteiger partial charge on any atom is -0.333 e. The third-order valence-corrected chi connectivity index (χ3v) is 4.87. The number of aryl methyl sites for hydroxylation is 1. The van der Waals surface area contributed by atoms with Gasteiger partial charge in [0.25, 0.3) is 0 Å². The van der Waals surface area contributed by atoms with Crippen LogP contribution < -0.4 is 0 Å². The monoisotopic (exact) mass is 326 g/mol. The molecule has 3 rings (SSSR count). The van der Waals surface area contributed by atoms with Gasteiger partial charge >= 0.3 is 0 Å². The van der Waals surface area contributed by atoms with Gasteiger partial charge in [0.05, 0.1) is 0 Å². The predicted molar refractivity (Wildman–Crippen MR) is 99.2 cm³/mol. The average molecular weight is 326 g/mol. The fourth-order valence-electron chi connectivity index (χ4n) is 3.50. The fraction of sp³-hybridized carbons (Fsp3) is 0.550. The second-order valence-electron chi connectivity index (χ2n) is 7.24. The number of hydrogen-bond acceptors (Lipinski definition) is 3. The number of piperazine rings is 1. The topological polar surface area (TPSA) is 24.3 Å². The van der Waals surface area contributed by atoms with Crippen LogP contribution in [0.15, 0.2) is 36.7 Å². The number of imidazole rings is 1. The first-order valence-electron chi connectivity index (χ1n) is 9.13. The lowest BCUT2D eigenvalue weighted by Crippen LogP contribution is -2.46. The zero-order valence-electron chi connectivity index (χ0n) is 15.3. The van der Waals surface area contributed by atoms with Crippen LogP contribution in [-0.2, 0) is 13.1 Å². The number of rotatable bonds is 6. The van der Waals surface area contributed by atoms with Crippen LogP contribution in [0.3, 0.4) is 0 Å². The van der Waals surface area contributed by atoms with Gasteiger partial charge in [-0.3, -0.25) is 9.80 Å². The van der Waals surface area contributed by atoms with E-state index in [1.165, 1.54) is 17.0 Å². The average Bonchev–Trinajstić information content (AvgIpc) is 3.03. The maximum atomic E-state index is 4.48. The third-order valence-electron chi connectivity index (χ3n) is 4.87. The highest BCUT2D eigenvalue weighted by atomic mass is 15.3. The molecular formula is C20H30N4. The number of hydrogen-bond donors (Lipinski definition) is 0. The molecule has 1 aromatic heterocycles. The Morgan fingerprint density at radius 1 is 1.04 bits per heavy atom. The van der Waals surface area contributed by atoms with E-state index in [9.17, 15) is 0 Å². The minimum atomic E-state index is 0.492. The van der Waals surface area contributed by atoms with E-state index in [1.54, 1.807) is 0 Å². The van der Waals surface area contributed by atoms with Crippen molar-refractivity contribution in [1.29, 1.82) is 0 Å². The molecule has 1 aromatic carbocycles. The van der Waals surface area contributed by atoms with Gasteiger partial charge in [-0.2, -0.15) is 0 Å². The van der Waals surface area contributed by atoms with Crippen molar-refractivity contribution in [2.75, 3.05) is 32.7 Å². The molecule has 0 aliphatic carbocycles. The molecule has 2 heterocycles. The summed E-state index contributed by atoms with van der Waals surface area (Å²) in [6.07, 6.45) is 4.04. The summed E-state index contributed by atoms with van der Waals surface area (Å²) >= 11 is 0. The molecule has 1 fully saturated rings. The zero-order valence-corrected chi connectivity index (χ0v) is 15.3. The summed E-state index contributed by atoms with van der Waals surface area (Å²) in [4.78, 5) is 9.63. The van der Waals surface area contributed by atoms with Gasteiger partial charge in [0.15, 0.2) is 0 Å². The minimum absolute atomic E-state index is 0.492. The van der Waals surface area contributed by atoms with E-state index in [-0.39, 0.29) is 0 Å². The Morgan fingerprint density at radius 3 is 2.50 bits per heavy atom. The summed E-state index contributed by atoms with van der Waals surface area (Å²) in [6, 6.07) is 8.88. The fourth-order valence-corrected chi connectivity index (χ4v) is 3.50. The van der Waals surface area contributed by atoms with E-state index in [0.29, 0.717) is 5.92 Å². The van der Waals surface area contributed by atoms with E-state index in [0.717, 1.165) is 45.8 Å². The van der Waals surface area contributed by atoms with Crippen LogP contribution in [0.2, 0.25) is 0 Å². The van der Waals surface area contributed by atoms with Gasteiger partial charge in [0.2, 0.25) is 0 Å². The van der Waals surface area contributed by atoms with Crippen molar-refractivity contribution < 1.29 is 0 Å². The predicted octanol–water partition coefficient (Wildman–Crippen LogP) is 3.13. The number of benzene rings is 1. The van der Waals surface area contributed by atoms with Gasteiger partial charge in [-0.05, 0) is 12.5 Å². The lowest BCUT2D eigenvalue weighted by atomic mass is 10.1. The first-order valence-corrected chi connectivity index (χ1v) is 9.13. The van der Waals surface area contributed by atoms with Crippen molar-refractivity contribution in [3.05, 3.63) is 53.6 Å². The van der Waals surface area contributed by atoms with Crippen molar-refractivity contribution in [2.45, 2.75) is 39.8 Å². The van der Waals surface area contributed by atoms with Crippen LogP contribution in [-0.4, -0.2) is 52.1 Å². The molecule has 1 saturated heterocycles. The Balaban J connectivity index is 1.44. The molecule has 4 nitrogen and oxygen atoms in total. The Morgan fingerprint density at radius 2 is 1.79 bits per heavy atom. The van der Waals surface area contributed by atoms with Crippen LogP contribution in [0, 0.1) is 6.92 Å². The SMILES string of the molecule is Cc1cccc(CN2CCN(CCn3ccnc3C(C)C)CC2)c1. The molecule has 0 unspecified atom stereocenters. The Labute approximate surface area is 146 Å². The first kappa shape index (κ1) is 17.2. The maximum Gasteiger partial charge on any atom is 0.111 e. The Bertz CT molecular complexity index is 639. The van der Waals surface area contributed by atoms with E-state index < -0.39 is 0 Å². The summed E-state index contributed by atoms with van der Waals surface area (Å²) < 4.78 is 2.31. The summed E-state index contributed by atoms with van der Waals surface area (Å²) in [6.45, 7) is 14.5.